The van der Waals surface area contributed by atoms with Crippen LogP contribution in [0.3, 0.4) is 0 Å². The molecule has 0 atom stereocenters. The van der Waals surface area contributed by atoms with Crippen LogP contribution in [0.4, 0.5) is 0 Å². The minimum Gasteiger partial charge on any atom is -0.496 e. The molecule has 1 N–H and O–H groups in total. The fourth-order valence-electron chi connectivity index (χ4n) is 2.53. The van der Waals surface area contributed by atoms with Crippen molar-refractivity contribution in [2.24, 2.45) is 0 Å². The number of methoxy groups -OCH3 is 1. The lowest BCUT2D eigenvalue weighted by atomic mass is 10.1. The van der Waals surface area contributed by atoms with Crippen molar-refractivity contribution in [1.82, 2.24) is 10.2 Å². The van der Waals surface area contributed by atoms with Gasteiger partial charge in [0.15, 0.2) is 0 Å². The van der Waals surface area contributed by atoms with Gasteiger partial charge in [-0.3, -0.25) is 4.90 Å². The summed E-state index contributed by atoms with van der Waals surface area (Å²) in [6.07, 6.45) is 0. The first-order valence-corrected chi connectivity index (χ1v) is 7.53. The Balaban J connectivity index is 2.54. The van der Waals surface area contributed by atoms with E-state index in [4.69, 9.17) is 10.00 Å². The van der Waals surface area contributed by atoms with Gasteiger partial charge in [0.05, 0.1) is 18.7 Å². The van der Waals surface area contributed by atoms with Gasteiger partial charge in [-0.15, -0.1) is 0 Å². The minimum absolute atomic E-state index is 0.545. The van der Waals surface area contributed by atoms with Gasteiger partial charge in [-0.05, 0) is 45.9 Å². The molecule has 0 saturated carbocycles. The fraction of sp³-hybridized carbons (Fsp3) is 0.588. The number of rotatable bonds is 8. The second-order valence-corrected chi connectivity index (χ2v) is 5.74. The molecule has 0 aliphatic rings. The molecule has 0 saturated heterocycles. The molecule has 0 fully saturated rings. The molecule has 0 radical (unpaired) electrons. The zero-order chi connectivity index (χ0) is 15.8. The molecule has 4 heteroatoms. The summed E-state index contributed by atoms with van der Waals surface area (Å²) >= 11 is 0. The third-order valence-electron chi connectivity index (χ3n) is 3.60. The number of hydrogen-bond acceptors (Lipinski definition) is 4. The van der Waals surface area contributed by atoms with Gasteiger partial charge in [-0.1, -0.05) is 0 Å². The van der Waals surface area contributed by atoms with E-state index >= 15 is 0 Å². The number of hydrogen-bond donors (Lipinski definition) is 1. The van der Waals surface area contributed by atoms with E-state index in [2.05, 4.69) is 44.0 Å². The topological polar surface area (TPSA) is 48.3 Å². The standard InChI is InChI=1S/C17H27N3O/c1-13(2)20(14(3)4)9-8-19-12-16-10-15(11-18)6-7-17(16)21-5/h6-7,10,13-14,19H,8-9,12H2,1-5H3. The molecule has 1 aromatic carbocycles. The molecule has 4 nitrogen and oxygen atoms in total. The van der Waals surface area contributed by atoms with Crippen LogP contribution < -0.4 is 10.1 Å². The summed E-state index contributed by atoms with van der Waals surface area (Å²) in [4.78, 5) is 2.45. The Morgan fingerprint density at radius 2 is 1.90 bits per heavy atom. The van der Waals surface area contributed by atoms with Crippen LogP contribution in [0.1, 0.15) is 38.8 Å². The van der Waals surface area contributed by atoms with Crippen molar-refractivity contribution in [2.75, 3.05) is 20.2 Å². The van der Waals surface area contributed by atoms with Crippen molar-refractivity contribution in [2.45, 2.75) is 46.3 Å². The van der Waals surface area contributed by atoms with Crippen molar-refractivity contribution in [3.8, 4) is 11.8 Å². The Morgan fingerprint density at radius 3 is 2.43 bits per heavy atom. The summed E-state index contributed by atoms with van der Waals surface area (Å²) in [6.45, 7) is 11.5. The van der Waals surface area contributed by atoms with Crippen LogP contribution in [0, 0.1) is 11.3 Å². The molecular formula is C17H27N3O. The fourth-order valence-corrected chi connectivity index (χ4v) is 2.53. The second kappa shape index (κ2) is 8.66. The lowest BCUT2D eigenvalue weighted by Gasteiger charge is -2.30. The molecule has 0 amide bonds. The highest BCUT2D eigenvalue weighted by molar-refractivity contribution is 5.41. The van der Waals surface area contributed by atoms with Crippen molar-refractivity contribution in [3.63, 3.8) is 0 Å². The predicted octanol–water partition coefficient (Wildman–Crippen LogP) is 2.78. The highest BCUT2D eigenvalue weighted by Crippen LogP contribution is 2.19. The lowest BCUT2D eigenvalue weighted by Crippen LogP contribution is -2.41. The van der Waals surface area contributed by atoms with Crippen LogP contribution in [-0.2, 0) is 6.54 Å². The highest BCUT2D eigenvalue weighted by Gasteiger charge is 2.12. The van der Waals surface area contributed by atoms with E-state index < -0.39 is 0 Å². The largest absolute Gasteiger partial charge is 0.496 e. The molecule has 0 heterocycles. The highest BCUT2D eigenvalue weighted by atomic mass is 16.5. The predicted molar refractivity (Wildman–Crippen MR) is 86.4 cm³/mol. The third kappa shape index (κ3) is 5.37. The summed E-state index contributed by atoms with van der Waals surface area (Å²) in [5.74, 6) is 0.825. The van der Waals surface area contributed by atoms with Gasteiger partial charge >= 0.3 is 0 Å². The molecule has 0 aliphatic heterocycles. The van der Waals surface area contributed by atoms with Gasteiger partial charge in [0.2, 0.25) is 0 Å². The van der Waals surface area contributed by atoms with E-state index in [1.807, 2.05) is 12.1 Å². The van der Waals surface area contributed by atoms with Crippen LogP contribution in [0.25, 0.3) is 0 Å². The third-order valence-corrected chi connectivity index (χ3v) is 3.60. The zero-order valence-corrected chi connectivity index (χ0v) is 13.8. The van der Waals surface area contributed by atoms with Crippen molar-refractivity contribution in [1.29, 1.82) is 5.26 Å². The minimum atomic E-state index is 0.545. The van der Waals surface area contributed by atoms with Gasteiger partial charge in [-0.25, -0.2) is 0 Å². The Bertz CT molecular complexity index is 469. The number of ether oxygens (including phenoxy) is 1. The van der Waals surface area contributed by atoms with Crippen LogP contribution in [0.15, 0.2) is 18.2 Å². The number of nitrogens with zero attached hydrogens (tertiary/aromatic N) is 2. The molecule has 0 unspecified atom stereocenters. The molecule has 0 bridgehead atoms. The lowest BCUT2D eigenvalue weighted by molar-refractivity contribution is 0.175. The maximum absolute atomic E-state index is 8.97. The second-order valence-electron chi connectivity index (χ2n) is 5.74. The van der Waals surface area contributed by atoms with Crippen molar-refractivity contribution < 1.29 is 4.74 Å². The van der Waals surface area contributed by atoms with E-state index in [9.17, 15) is 0 Å². The Morgan fingerprint density at radius 1 is 1.24 bits per heavy atom. The summed E-state index contributed by atoms with van der Waals surface area (Å²) in [5.41, 5.74) is 1.69. The first kappa shape index (κ1) is 17.5. The molecule has 0 aromatic heterocycles. The molecule has 1 aromatic rings. The maximum atomic E-state index is 8.97. The van der Waals surface area contributed by atoms with Crippen molar-refractivity contribution >= 4 is 0 Å². The first-order chi connectivity index (χ1) is 9.99. The monoisotopic (exact) mass is 289 g/mol. The smallest absolute Gasteiger partial charge is 0.123 e. The van der Waals surface area contributed by atoms with Crippen LogP contribution in [-0.4, -0.2) is 37.2 Å². The molecule has 1 rings (SSSR count). The van der Waals surface area contributed by atoms with Crippen molar-refractivity contribution in [3.05, 3.63) is 29.3 Å². The average Bonchev–Trinajstić information content (AvgIpc) is 2.45. The van der Waals surface area contributed by atoms with E-state index in [-0.39, 0.29) is 0 Å². The first-order valence-electron chi connectivity index (χ1n) is 7.53. The normalized spacial score (nSPS) is 11.2. The Kier molecular flexibility index (Phi) is 7.21. The molecular weight excluding hydrogens is 262 g/mol. The van der Waals surface area contributed by atoms with E-state index in [0.717, 1.165) is 24.4 Å². The molecule has 0 aliphatic carbocycles. The number of benzene rings is 1. The van der Waals surface area contributed by atoms with Crippen LogP contribution in [0.2, 0.25) is 0 Å². The zero-order valence-electron chi connectivity index (χ0n) is 13.8. The quantitative estimate of drug-likeness (QED) is 0.748. The van der Waals surface area contributed by atoms with E-state index in [0.29, 0.717) is 24.2 Å². The number of nitriles is 1. The van der Waals surface area contributed by atoms with E-state index in [1.165, 1.54) is 0 Å². The summed E-state index contributed by atoms with van der Waals surface area (Å²) < 4.78 is 5.34. The van der Waals surface area contributed by atoms with E-state index in [1.54, 1.807) is 13.2 Å². The Labute approximate surface area is 128 Å². The molecule has 0 spiro atoms. The summed E-state index contributed by atoms with van der Waals surface area (Å²) in [7, 11) is 1.66. The van der Waals surface area contributed by atoms with Gasteiger partial charge in [0.1, 0.15) is 5.75 Å². The maximum Gasteiger partial charge on any atom is 0.123 e. The average molecular weight is 289 g/mol. The van der Waals surface area contributed by atoms with Gasteiger partial charge < -0.3 is 10.1 Å². The van der Waals surface area contributed by atoms with Crippen LogP contribution >= 0.6 is 0 Å². The molecule has 21 heavy (non-hydrogen) atoms. The SMILES string of the molecule is COc1ccc(C#N)cc1CNCCN(C(C)C)C(C)C. The number of nitrogens with one attached hydrogen (secondary N) is 1. The van der Waals surface area contributed by atoms with Gasteiger partial charge in [0, 0.05) is 37.3 Å². The molecule has 116 valence electrons. The van der Waals surface area contributed by atoms with Crippen LogP contribution in [0.5, 0.6) is 5.75 Å². The van der Waals surface area contributed by atoms with Gasteiger partial charge in [0.25, 0.3) is 0 Å². The summed E-state index contributed by atoms with van der Waals surface area (Å²) in [6, 6.07) is 8.77. The summed E-state index contributed by atoms with van der Waals surface area (Å²) in [5, 5.41) is 12.4. The Hall–Kier alpha value is -1.57. The van der Waals surface area contributed by atoms with Gasteiger partial charge in [-0.2, -0.15) is 5.26 Å².